The lowest BCUT2D eigenvalue weighted by atomic mass is 9.95. The molecule has 1 saturated carbocycles. The van der Waals surface area contributed by atoms with E-state index in [4.69, 9.17) is 0 Å². The second kappa shape index (κ2) is 8.33. The third-order valence-corrected chi connectivity index (χ3v) is 6.15. The number of carbonyl (C=O) groups is 3. The van der Waals surface area contributed by atoms with E-state index >= 15 is 0 Å². The number of hydrogen-bond acceptors (Lipinski definition) is 3. The number of hydrogen-bond donors (Lipinski definition) is 1. The molecule has 28 heavy (non-hydrogen) atoms. The Morgan fingerprint density at radius 2 is 1.71 bits per heavy atom. The van der Waals surface area contributed by atoms with Crippen LogP contribution >= 0.6 is 0 Å². The van der Waals surface area contributed by atoms with Crippen LogP contribution in [-0.4, -0.2) is 48.8 Å². The molecule has 6 nitrogen and oxygen atoms in total. The minimum atomic E-state index is -0.0472. The van der Waals surface area contributed by atoms with Crippen molar-refractivity contribution in [2.45, 2.75) is 44.9 Å². The highest BCUT2D eigenvalue weighted by molar-refractivity contribution is 5.95. The lowest BCUT2D eigenvalue weighted by Gasteiger charge is -2.31. The summed E-state index contributed by atoms with van der Waals surface area (Å²) in [5, 5.41) is 2.94. The van der Waals surface area contributed by atoms with Crippen molar-refractivity contribution in [2.24, 2.45) is 11.8 Å². The maximum Gasteiger partial charge on any atom is 0.228 e. The van der Waals surface area contributed by atoms with E-state index in [2.05, 4.69) is 11.4 Å². The van der Waals surface area contributed by atoms with E-state index in [1.807, 2.05) is 28.0 Å². The molecule has 0 bridgehead atoms. The van der Waals surface area contributed by atoms with Gasteiger partial charge in [-0.05, 0) is 50.2 Å². The molecule has 2 aliphatic heterocycles. The number of para-hydroxylation sites is 1. The summed E-state index contributed by atoms with van der Waals surface area (Å²) in [5.41, 5.74) is 2.23. The maximum atomic E-state index is 12.6. The van der Waals surface area contributed by atoms with Crippen LogP contribution in [0.3, 0.4) is 0 Å². The first-order valence-electron chi connectivity index (χ1n) is 10.6. The van der Waals surface area contributed by atoms with E-state index in [1.165, 1.54) is 5.56 Å². The summed E-state index contributed by atoms with van der Waals surface area (Å²) in [7, 11) is 0. The zero-order valence-electron chi connectivity index (χ0n) is 16.4. The highest BCUT2D eigenvalue weighted by Crippen LogP contribution is 2.32. The van der Waals surface area contributed by atoms with Gasteiger partial charge < -0.3 is 15.1 Å². The molecular weight excluding hydrogens is 354 g/mol. The van der Waals surface area contributed by atoms with E-state index < -0.39 is 0 Å². The van der Waals surface area contributed by atoms with Crippen LogP contribution in [0, 0.1) is 11.8 Å². The van der Waals surface area contributed by atoms with Crippen LogP contribution in [0.15, 0.2) is 24.3 Å². The predicted octanol–water partition coefficient (Wildman–Crippen LogP) is 2.12. The van der Waals surface area contributed by atoms with Gasteiger partial charge in [-0.25, -0.2) is 0 Å². The Balaban J connectivity index is 1.21. The zero-order chi connectivity index (χ0) is 19.5. The van der Waals surface area contributed by atoms with Gasteiger partial charge in [0.1, 0.15) is 0 Å². The number of amides is 3. The maximum absolute atomic E-state index is 12.6. The van der Waals surface area contributed by atoms with E-state index in [0.29, 0.717) is 26.1 Å². The molecule has 3 amide bonds. The number of carbonyl (C=O) groups excluding carboxylic acids is 3. The molecule has 0 unspecified atom stereocenters. The van der Waals surface area contributed by atoms with Crippen LogP contribution in [0.25, 0.3) is 0 Å². The van der Waals surface area contributed by atoms with Crippen molar-refractivity contribution in [3.8, 4) is 0 Å². The van der Waals surface area contributed by atoms with Gasteiger partial charge in [-0.2, -0.15) is 0 Å². The first-order valence-corrected chi connectivity index (χ1v) is 10.6. The number of rotatable bonds is 5. The zero-order valence-corrected chi connectivity index (χ0v) is 16.4. The van der Waals surface area contributed by atoms with Gasteiger partial charge in [0.25, 0.3) is 0 Å². The molecule has 0 spiro atoms. The largest absolute Gasteiger partial charge is 0.355 e. The third kappa shape index (κ3) is 4.21. The quantitative estimate of drug-likeness (QED) is 0.847. The molecular formula is C22H29N3O3. The van der Waals surface area contributed by atoms with Crippen molar-refractivity contribution < 1.29 is 14.4 Å². The Labute approximate surface area is 166 Å². The number of anilines is 1. The van der Waals surface area contributed by atoms with Gasteiger partial charge in [0, 0.05) is 50.1 Å². The van der Waals surface area contributed by atoms with Crippen molar-refractivity contribution in [3.05, 3.63) is 29.8 Å². The highest BCUT2D eigenvalue weighted by atomic mass is 16.2. The molecule has 2 fully saturated rings. The molecule has 1 saturated heterocycles. The molecule has 1 aromatic carbocycles. The SMILES string of the molecule is O=C(NCCC(=O)N1CCCc2ccccc21)C1CCN(C(=O)C2CC2)CC1. The average molecular weight is 383 g/mol. The van der Waals surface area contributed by atoms with Crippen molar-refractivity contribution >= 4 is 23.4 Å². The van der Waals surface area contributed by atoms with Crippen LogP contribution in [0.4, 0.5) is 5.69 Å². The van der Waals surface area contributed by atoms with E-state index in [9.17, 15) is 14.4 Å². The van der Waals surface area contributed by atoms with E-state index in [0.717, 1.165) is 50.8 Å². The number of nitrogens with zero attached hydrogens (tertiary/aromatic N) is 2. The fourth-order valence-corrected chi connectivity index (χ4v) is 4.32. The summed E-state index contributed by atoms with van der Waals surface area (Å²) < 4.78 is 0. The lowest BCUT2D eigenvalue weighted by molar-refractivity contribution is -0.136. The molecule has 4 rings (SSSR count). The van der Waals surface area contributed by atoms with Crippen molar-refractivity contribution in [3.63, 3.8) is 0 Å². The monoisotopic (exact) mass is 383 g/mol. The van der Waals surface area contributed by atoms with Crippen LogP contribution in [-0.2, 0) is 20.8 Å². The smallest absolute Gasteiger partial charge is 0.228 e. The molecule has 1 aliphatic carbocycles. The Hall–Kier alpha value is -2.37. The Morgan fingerprint density at radius 1 is 0.964 bits per heavy atom. The van der Waals surface area contributed by atoms with Crippen LogP contribution in [0.1, 0.15) is 44.1 Å². The summed E-state index contributed by atoms with van der Waals surface area (Å²) in [6.07, 6.45) is 5.80. The summed E-state index contributed by atoms with van der Waals surface area (Å²) in [4.78, 5) is 40.9. The Morgan fingerprint density at radius 3 is 2.46 bits per heavy atom. The van der Waals surface area contributed by atoms with Crippen LogP contribution < -0.4 is 10.2 Å². The third-order valence-electron chi connectivity index (χ3n) is 6.15. The average Bonchev–Trinajstić information content (AvgIpc) is 3.58. The first kappa shape index (κ1) is 19.0. The van der Waals surface area contributed by atoms with Crippen molar-refractivity contribution in [1.29, 1.82) is 0 Å². The predicted molar refractivity (Wildman–Crippen MR) is 107 cm³/mol. The van der Waals surface area contributed by atoms with Crippen molar-refractivity contribution in [2.75, 3.05) is 31.1 Å². The van der Waals surface area contributed by atoms with Gasteiger partial charge in [0.15, 0.2) is 0 Å². The minimum Gasteiger partial charge on any atom is -0.355 e. The second-order valence-electron chi connectivity index (χ2n) is 8.19. The van der Waals surface area contributed by atoms with Gasteiger partial charge in [-0.3, -0.25) is 14.4 Å². The molecule has 3 aliphatic rings. The fourth-order valence-electron chi connectivity index (χ4n) is 4.32. The number of fused-ring (bicyclic) bond motifs is 1. The molecule has 0 aromatic heterocycles. The summed E-state index contributed by atoms with van der Waals surface area (Å²) in [6, 6.07) is 8.06. The first-order chi connectivity index (χ1) is 13.6. The van der Waals surface area contributed by atoms with Crippen molar-refractivity contribution in [1.82, 2.24) is 10.2 Å². The summed E-state index contributed by atoms with van der Waals surface area (Å²) in [5.74, 6) is 0.555. The normalized spacial score (nSPS) is 19.9. The summed E-state index contributed by atoms with van der Waals surface area (Å²) >= 11 is 0. The topological polar surface area (TPSA) is 69.7 Å². The Bertz CT molecular complexity index is 751. The van der Waals surface area contributed by atoms with Gasteiger partial charge in [-0.15, -0.1) is 0 Å². The van der Waals surface area contributed by atoms with Crippen LogP contribution in [0.5, 0.6) is 0 Å². The standard InChI is InChI=1S/C22H29N3O3/c26-20(25-13-3-5-16-4-1-2-6-19(16)25)9-12-23-21(27)17-10-14-24(15-11-17)22(28)18-7-8-18/h1-2,4,6,17-18H,3,5,7-15H2,(H,23,27). The van der Waals surface area contributed by atoms with Gasteiger partial charge in [0.2, 0.25) is 17.7 Å². The molecule has 1 N–H and O–H groups in total. The molecule has 2 heterocycles. The minimum absolute atomic E-state index is 0.0189. The number of nitrogens with one attached hydrogen (secondary N) is 1. The van der Waals surface area contributed by atoms with E-state index in [1.54, 1.807) is 0 Å². The van der Waals surface area contributed by atoms with E-state index in [-0.39, 0.29) is 29.6 Å². The number of likely N-dealkylation sites (tertiary alicyclic amines) is 1. The second-order valence-corrected chi connectivity index (χ2v) is 8.19. The van der Waals surface area contributed by atoms with Gasteiger partial charge in [0.05, 0.1) is 0 Å². The Kier molecular flexibility index (Phi) is 5.64. The van der Waals surface area contributed by atoms with Gasteiger partial charge >= 0.3 is 0 Å². The molecule has 1 aromatic rings. The highest BCUT2D eigenvalue weighted by Gasteiger charge is 2.36. The summed E-state index contributed by atoms with van der Waals surface area (Å²) in [6.45, 7) is 2.47. The number of aryl methyl sites for hydroxylation is 1. The fraction of sp³-hybridized carbons (Fsp3) is 0.591. The molecule has 6 heteroatoms. The van der Waals surface area contributed by atoms with Crippen LogP contribution in [0.2, 0.25) is 0 Å². The molecule has 0 atom stereocenters. The number of benzene rings is 1. The molecule has 0 radical (unpaired) electrons. The lowest BCUT2D eigenvalue weighted by Crippen LogP contribution is -2.44. The number of piperidine rings is 1. The van der Waals surface area contributed by atoms with Gasteiger partial charge in [-0.1, -0.05) is 18.2 Å². The molecule has 150 valence electrons.